The minimum Gasteiger partial charge on any atom is -0.493 e. The minimum absolute atomic E-state index is 0.248. The third-order valence-electron chi connectivity index (χ3n) is 8.03. The maximum absolute atomic E-state index is 13.9. The lowest BCUT2D eigenvalue weighted by Gasteiger charge is -2.38. The Bertz CT molecular complexity index is 705. The fourth-order valence-electron chi connectivity index (χ4n) is 5.98. The number of hydrogen-bond acceptors (Lipinski definition) is 2. The van der Waals surface area contributed by atoms with Gasteiger partial charge in [0.2, 0.25) is 0 Å². The van der Waals surface area contributed by atoms with E-state index in [9.17, 15) is 17.6 Å². The smallest absolute Gasteiger partial charge is 0.493 e. The highest BCUT2D eigenvalue weighted by atomic mass is 19.4. The second-order valence-corrected chi connectivity index (χ2v) is 10.6. The molecule has 0 bridgehead atoms. The Hall–Kier alpha value is -1.46. The number of alkyl halides is 3. The van der Waals surface area contributed by atoms with Crippen molar-refractivity contribution in [3.8, 4) is 11.5 Å². The SMILES string of the molecule is CCCCCCCC[C@H]1CC[C@H](C2CCC(COc3ccc(OC(F)(F)F)c(F)c3)CC2)CC1. The maximum Gasteiger partial charge on any atom is 0.573 e. The molecule has 0 radical (unpaired) electrons. The molecule has 0 unspecified atom stereocenters. The van der Waals surface area contributed by atoms with E-state index >= 15 is 0 Å². The van der Waals surface area contributed by atoms with Gasteiger partial charge >= 0.3 is 6.36 Å². The van der Waals surface area contributed by atoms with E-state index in [-0.39, 0.29) is 5.75 Å². The first kappa shape index (κ1) is 27.1. The molecular weight excluding hydrogens is 444 g/mol. The molecule has 6 heteroatoms. The maximum atomic E-state index is 13.9. The van der Waals surface area contributed by atoms with Crippen LogP contribution in [0.1, 0.15) is 103 Å². The van der Waals surface area contributed by atoms with Gasteiger partial charge in [0.15, 0.2) is 11.6 Å². The van der Waals surface area contributed by atoms with E-state index < -0.39 is 17.9 Å². The summed E-state index contributed by atoms with van der Waals surface area (Å²) in [5, 5.41) is 0. The van der Waals surface area contributed by atoms with Crippen molar-refractivity contribution in [3.63, 3.8) is 0 Å². The van der Waals surface area contributed by atoms with E-state index in [4.69, 9.17) is 4.74 Å². The molecule has 194 valence electrons. The van der Waals surface area contributed by atoms with Crippen LogP contribution in [0.5, 0.6) is 11.5 Å². The van der Waals surface area contributed by atoms with E-state index in [0.717, 1.165) is 42.7 Å². The average Bonchev–Trinajstić information content (AvgIpc) is 2.81. The van der Waals surface area contributed by atoms with Crippen LogP contribution < -0.4 is 9.47 Å². The predicted molar refractivity (Wildman–Crippen MR) is 127 cm³/mol. The first-order chi connectivity index (χ1) is 16.3. The molecule has 0 amide bonds. The summed E-state index contributed by atoms with van der Waals surface area (Å²) in [6.07, 6.45) is 15.1. The normalized spacial score (nSPS) is 25.8. The van der Waals surface area contributed by atoms with Gasteiger partial charge in [0.25, 0.3) is 0 Å². The Labute approximate surface area is 202 Å². The van der Waals surface area contributed by atoms with Crippen LogP contribution in [0.2, 0.25) is 0 Å². The Kier molecular flexibility index (Phi) is 10.8. The zero-order valence-electron chi connectivity index (χ0n) is 20.7. The molecule has 0 saturated heterocycles. The van der Waals surface area contributed by atoms with Crippen LogP contribution in [0.3, 0.4) is 0 Å². The van der Waals surface area contributed by atoms with Gasteiger partial charge in [-0.2, -0.15) is 0 Å². The quantitative estimate of drug-likeness (QED) is 0.216. The van der Waals surface area contributed by atoms with Crippen molar-refractivity contribution in [2.75, 3.05) is 6.61 Å². The van der Waals surface area contributed by atoms with E-state index in [1.165, 1.54) is 89.5 Å². The zero-order valence-corrected chi connectivity index (χ0v) is 20.7. The fourth-order valence-corrected chi connectivity index (χ4v) is 5.98. The van der Waals surface area contributed by atoms with E-state index in [1.54, 1.807) is 0 Å². The first-order valence-electron chi connectivity index (χ1n) is 13.5. The molecular formula is C28H42F4O2. The molecule has 0 atom stereocenters. The second-order valence-electron chi connectivity index (χ2n) is 10.6. The highest BCUT2D eigenvalue weighted by Gasteiger charge is 2.33. The topological polar surface area (TPSA) is 18.5 Å². The summed E-state index contributed by atoms with van der Waals surface area (Å²) < 4.78 is 60.0. The number of hydrogen-bond donors (Lipinski definition) is 0. The van der Waals surface area contributed by atoms with Crippen molar-refractivity contribution < 1.29 is 27.0 Å². The molecule has 2 nitrogen and oxygen atoms in total. The molecule has 34 heavy (non-hydrogen) atoms. The number of halogens is 4. The van der Waals surface area contributed by atoms with Crippen LogP contribution in [-0.2, 0) is 0 Å². The Morgan fingerprint density at radius 1 is 0.794 bits per heavy atom. The van der Waals surface area contributed by atoms with Gasteiger partial charge in [-0.3, -0.25) is 0 Å². The monoisotopic (exact) mass is 486 g/mol. The van der Waals surface area contributed by atoms with Crippen molar-refractivity contribution >= 4 is 0 Å². The van der Waals surface area contributed by atoms with Crippen LogP contribution in [-0.4, -0.2) is 13.0 Å². The molecule has 1 aromatic carbocycles. The molecule has 0 spiro atoms. The standard InChI is InChI=1S/C28H42F4O2/c1-2-3-4-5-6-7-8-21-9-13-23(14-10-21)24-15-11-22(12-16-24)20-33-25-17-18-27(26(29)19-25)34-28(30,31)32/h17-19,21-24H,2-16,20H2,1H3/t21-,22?,23-,24?. The lowest BCUT2D eigenvalue weighted by Crippen LogP contribution is -2.27. The van der Waals surface area contributed by atoms with Crippen LogP contribution in [0.15, 0.2) is 18.2 Å². The highest BCUT2D eigenvalue weighted by Crippen LogP contribution is 2.42. The predicted octanol–water partition coefficient (Wildman–Crippen LogP) is 9.47. The molecule has 0 heterocycles. The molecule has 1 aromatic rings. The van der Waals surface area contributed by atoms with Crippen LogP contribution in [0, 0.1) is 29.5 Å². The van der Waals surface area contributed by atoms with Gasteiger partial charge < -0.3 is 9.47 Å². The van der Waals surface area contributed by atoms with Crippen LogP contribution in [0.4, 0.5) is 17.6 Å². The van der Waals surface area contributed by atoms with Gasteiger partial charge in [-0.05, 0) is 74.3 Å². The number of unbranched alkanes of at least 4 members (excludes halogenated alkanes) is 5. The first-order valence-corrected chi connectivity index (χ1v) is 13.5. The van der Waals surface area contributed by atoms with E-state index in [2.05, 4.69) is 11.7 Å². The van der Waals surface area contributed by atoms with Crippen LogP contribution in [0.25, 0.3) is 0 Å². The minimum atomic E-state index is -4.91. The molecule has 2 fully saturated rings. The highest BCUT2D eigenvalue weighted by molar-refractivity contribution is 5.33. The number of ether oxygens (including phenoxy) is 2. The van der Waals surface area contributed by atoms with Gasteiger partial charge in [0.1, 0.15) is 5.75 Å². The molecule has 0 aromatic heterocycles. The summed E-state index contributed by atoms with van der Waals surface area (Å²) >= 11 is 0. The van der Waals surface area contributed by atoms with Crippen molar-refractivity contribution in [2.45, 2.75) is 110 Å². The third kappa shape index (κ3) is 9.30. The zero-order chi connectivity index (χ0) is 24.4. The van der Waals surface area contributed by atoms with E-state index in [1.807, 2.05) is 0 Å². The van der Waals surface area contributed by atoms with Crippen molar-refractivity contribution in [1.82, 2.24) is 0 Å². The van der Waals surface area contributed by atoms with Gasteiger partial charge in [0.05, 0.1) is 6.61 Å². The Balaban J connectivity index is 1.30. The molecule has 0 aliphatic heterocycles. The average molecular weight is 487 g/mol. The number of benzene rings is 1. The lowest BCUT2D eigenvalue weighted by atomic mass is 9.69. The molecule has 3 rings (SSSR count). The van der Waals surface area contributed by atoms with Gasteiger partial charge in [-0.25, -0.2) is 4.39 Å². The van der Waals surface area contributed by atoms with Crippen molar-refractivity contribution in [2.24, 2.45) is 23.7 Å². The Morgan fingerprint density at radius 2 is 1.38 bits per heavy atom. The van der Waals surface area contributed by atoms with Gasteiger partial charge in [-0.15, -0.1) is 13.2 Å². The summed E-state index contributed by atoms with van der Waals surface area (Å²) in [6.45, 7) is 2.75. The van der Waals surface area contributed by atoms with Gasteiger partial charge in [-0.1, -0.05) is 64.7 Å². The third-order valence-corrected chi connectivity index (χ3v) is 8.03. The lowest BCUT2D eigenvalue weighted by molar-refractivity contribution is -0.275. The summed E-state index contributed by atoms with van der Waals surface area (Å²) in [4.78, 5) is 0. The van der Waals surface area contributed by atoms with Crippen LogP contribution >= 0.6 is 0 Å². The van der Waals surface area contributed by atoms with Crippen molar-refractivity contribution in [3.05, 3.63) is 24.0 Å². The summed E-state index contributed by atoms with van der Waals surface area (Å²) in [5.41, 5.74) is 0. The number of rotatable bonds is 12. The molecule has 2 aliphatic carbocycles. The summed E-state index contributed by atoms with van der Waals surface area (Å²) in [5.74, 6) is 1.42. The van der Waals surface area contributed by atoms with E-state index in [0.29, 0.717) is 12.5 Å². The summed E-state index contributed by atoms with van der Waals surface area (Å²) in [7, 11) is 0. The Morgan fingerprint density at radius 3 is 1.97 bits per heavy atom. The molecule has 0 N–H and O–H groups in total. The second kappa shape index (κ2) is 13.6. The molecule has 2 aliphatic rings. The molecule has 2 saturated carbocycles. The van der Waals surface area contributed by atoms with Crippen molar-refractivity contribution in [1.29, 1.82) is 0 Å². The van der Waals surface area contributed by atoms with Gasteiger partial charge in [0, 0.05) is 6.07 Å². The fraction of sp³-hybridized carbons (Fsp3) is 0.786. The summed E-state index contributed by atoms with van der Waals surface area (Å²) in [6, 6.07) is 3.27. The largest absolute Gasteiger partial charge is 0.573 e.